The number of ketones is 2. The van der Waals surface area contributed by atoms with E-state index in [2.05, 4.69) is 39.2 Å². The van der Waals surface area contributed by atoms with Gasteiger partial charge in [-0.2, -0.15) is 13.2 Å². The van der Waals surface area contributed by atoms with Gasteiger partial charge in [-0.05, 0) is 197 Å². The largest absolute Gasteiger partial charge is 0.490 e. The van der Waals surface area contributed by atoms with E-state index in [4.69, 9.17) is 47.4 Å². The average Bonchev–Trinajstić information content (AvgIpc) is 0.801. The zero-order valence-corrected chi connectivity index (χ0v) is 60.3. The molecule has 0 saturated heterocycles. The van der Waals surface area contributed by atoms with E-state index in [9.17, 15) is 70.7 Å². The zero-order valence-electron chi connectivity index (χ0n) is 60.3. The van der Waals surface area contributed by atoms with Gasteiger partial charge in [-0.15, -0.1) is 0 Å². The fraction of sp³-hybridized carbons (Fsp3) is 0.200. The first-order valence-corrected chi connectivity index (χ1v) is 33.1. The van der Waals surface area contributed by atoms with Crippen LogP contribution in [0.2, 0.25) is 0 Å². The highest BCUT2D eigenvalue weighted by molar-refractivity contribution is 6.13. The van der Waals surface area contributed by atoms with E-state index in [-0.39, 0.29) is 107 Å². The van der Waals surface area contributed by atoms with Crippen LogP contribution in [0, 0.1) is 0 Å². The predicted octanol–water partition coefficient (Wildman–Crippen LogP) is 13.9. The number of halogens is 3. The third-order valence-corrected chi connectivity index (χ3v) is 14.9. The Balaban J connectivity index is 0.000000306. The smallest absolute Gasteiger partial charge is 0.462 e. The Bertz CT molecular complexity index is 4770. The second kappa shape index (κ2) is 40.0. The van der Waals surface area contributed by atoms with Crippen LogP contribution in [-0.4, -0.2) is 144 Å². The SMILES string of the molecule is C=C(C)C(=O)OCCOC(=O)c1ccc(Oc2ccc(C(=O)OCCOC(=O)C(=C)C)c(C(=O)Nc3ccc(Oc4ccc(NC)cc4)cc3)c2)cc1C(C)=O.CNc1ccc(Oc2ccc(NC(=O)c3cc(-c4ccc(C(=O)OCCOC(C)=O)c(C(C)=O)c4)ccc3C(=O)OCCOC(=O)C(F)(F)F)cc2)cc1. The number of amides is 2. The molecular formula is C80H73F3N4O23. The highest BCUT2D eigenvalue weighted by atomic mass is 19.4. The monoisotopic (exact) mass is 1510 g/mol. The molecule has 4 N–H and O–H groups in total. The van der Waals surface area contributed by atoms with Crippen LogP contribution >= 0.6 is 0 Å². The minimum absolute atomic E-state index is 0.0145. The van der Waals surface area contributed by atoms with Gasteiger partial charge in [0, 0.05) is 66.0 Å². The molecule has 0 bridgehead atoms. The van der Waals surface area contributed by atoms with Crippen LogP contribution in [0.4, 0.5) is 35.9 Å². The van der Waals surface area contributed by atoms with Gasteiger partial charge in [0.2, 0.25) is 0 Å². The number of esters is 8. The molecule has 0 aliphatic heterocycles. The van der Waals surface area contributed by atoms with E-state index in [0.717, 1.165) is 11.4 Å². The standard InChI is InChI=1S/C42H40N2O12.C38H33F3N2O11/c1-25(2)39(47)51-19-21-53-41(49)34-17-15-32(23-36(34)27(5)45)56-33-16-18-35(42(50)54-22-20-52-40(48)26(3)4)37(24-33)38(46)44-29-9-13-31(14-10-29)55-30-11-7-28(43-6)8-12-30;1-22(44)32-20-24(4-14-30(32)35(47)51-17-16-50-23(2)45)25-5-15-31(36(48)52-18-19-53-37(49)38(39,40)41)33(21-25)34(46)43-27-8-12-29(13-9-27)54-28-10-6-26(42-3)7-11-28/h7-18,23-24,43H,1,3,19-22H2,2,4-6H3,(H,44,46);4-15,20-21,42H,16-19H2,1-3H3,(H,43,46). The van der Waals surface area contributed by atoms with E-state index in [1.807, 2.05) is 31.3 Å². The van der Waals surface area contributed by atoms with Gasteiger partial charge in [0.15, 0.2) is 11.6 Å². The lowest BCUT2D eigenvalue weighted by atomic mass is 9.94. The molecule has 0 fully saturated rings. The van der Waals surface area contributed by atoms with Gasteiger partial charge < -0.3 is 73.4 Å². The van der Waals surface area contributed by atoms with Crippen LogP contribution in [0.15, 0.2) is 194 Å². The molecule has 0 saturated carbocycles. The van der Waals surface area contributed by atoms with Crippen LogP contribution in [0.5, 0.6) is 34.5 Å². The molecule has 0 spiro atoms. The first-order valence-electron chi connectivity index (χ1n) is 33.1. The van der Waals surface area contributed by atoms with E-state index in [1.165, 1.54) is 107 Å². The molecule has 8 rings (SSSR count). The molecule has 8 aromatic rings. The number of carbonyl (C=O) groups excluding carboxylic acids is 12. The molecular weight excluding hydrogens is 1440 g/mol. The van der Waals surface area contributed by atoms with Crippen LogP contribution in [0.25, 0.3) is 11.1 Å². The maximum absolute atomic E-state index is 13.7. The van der Waals surface area contributed by atoms with Crippen molar-refractivity contribution in [1.29, 1.82) is 0 Å². The van der Waals surface area contributed by atoms with Gasteiger partial charge in [0.1, 0.15) is 87.4 Å². The summed E-state index contributed by atoms with van der Waals surface area (Å²) in [6.07, 6.45) is -5.24. The number of ether oxygens (including phenoxy) is 11. The van der Waals surface area contributed by atoms with Crippen molar-refractivity contribution in [3.63, 3.8) is 0 Å². The molecule has 8 aromatic carbocycles. The zero-order chi connectivity index (χ0) is 80.2. The van der Waals surface area contributed by atoms with Crippen LogP contribution in [0.1, 0.15) is 117 Å². The fourth-order valence-electron chi connectivity index (χ4n) is 9.45. The van der Waals surface area contributed by atoms with Crippen LogP contribution in [-0.2, 0) is 57.1 Å². The van der Waals surface area contributed by atoms with Crippen molar-refractivity contribution in [3.8, 4) is 45.6 Å². The fourth-order valence-corrected chi connectivity index (χ4v) is 9.45. The maximum Gasteiger partial charge on any atom is 0.490 e. The minimum Gasteiger partial charge on any atom is -0.462 e. The number of anilines is 4. The molecule has 30 heteroatoms. The summed E-state index contributed by atoms with van der Waals surface area (Å²) in [6, 6.07) is 43.7. The van der Waals surface area contributed by atoms with Crippen molar-refractivity contribution in [2.45, 2.75) is 40.8 Å². The Labute approximate surface area is 627 Å². The first-order chi connectivity index (χ1) is 52.4. The summed E-state index contributed by atoms with van der Waals surface area (Å²) in [4.78, 5) is 149. The Kier molecular flexibility index (Phi) is 30.3. The van der Waals surface area contributed by atoms with Gasteiger partial charge in [-0.3, -0.25) is 24.0 Å². The lowest BCUT2D eigenvalue weighted by Gasteiger charge is -2.14. The lowest BCUT2D eigenvalue weighted by molar-refractivity contribution is -0.200. The molecule has 0 radical (unpaired) electrons. The van der Waals surface area contributed by atoms with Gasteiger partial charge in [0.05, 0.1) is 33.4 Å². The number of alkyl halides is 3. The van der Waals surface area contributed by atoms with Crippen molar-refractivity contribution < 1.29 is 123 Å². The lowest BCUT2D eigenvalue weighted by Crippen LogP contribution is -2.27. The second-order valence-corrected chi connectivity index (χ2v) is 23.2. The van der Waals surface area contributed by atoms with E-state index >= 15 is 0 Å². The quantitative estimate of drug-likeness (QED) is 0.00975. The summed E-state index contributed by atoms with van der Waals surface area (Å²) in [7, 11) is 3.60. The van der Waals surface area contributed by atoms with Crippen molar-refractivity contribution in [1.82, 2.24) is 0 Å². The van der Waals surface area contributed by atoms with E-state index < -0.39 is 90.5 Å². The highest BCUT2D eigenvalue weighted by Gasteiger charge is 2.41. The average molecular weight is 1520 g/mol. The van der Waals surface area contributed by atoms with E-state index in [0.29, 0.717) is 45.5 Å². The Hall–Kier alpha value is -13.9. The molecule has 0 heterocycles. The molecule has 572 valence electrons. The third-order valence-electron chi connectivity index (χ3n) is 14.9. The van der Waals surface area contributed by atoms with Crippen molar-refractivity contribution in [3.05, 3.63) is 239 Å². The van der Waals surface area contributed by atoms with Crippen molar-refractivity contribution in [2.75, 3.05) is 88.2 Å². The summed E-state index contributed by atoms with van der Waals surface area (Å²) < 4.78 is 94.4. The van der Waals surface area contributed by atoms with Crippen LogP contribution < -0.4 is 35.5 Å². The summed E-state index contributed by atoms with van der Waals surface area (Å²) in [6.45, 7) is 10.5. The van der Waals surface area contributed by atoms with Gasteiger partial charge in [-0.25, -0.2) is 33.6 Å². The predicted molar refractivity (Wildman–Crippen MR) is 392 cm³/mol. The first kappa shape index (κ1) is 83.3. The number of benzene rings is 8. The summed E-state index contributed by atoms with van der Waals surface area (Å²) >= 11 is 0. The van der Waals surface area contributed by atoms with Crippen molar-refractivity contribution >= 4 is 93.9 Å². The summed E-state index contributed by atoms with van der Waals surface area (Å²) in [5, 5.41) is 11.5. The minimum atomic E-state index is -5.24. The second-order valence-electron chi connectivity index (χ2n) is 23.2. The molecule has 0 aromatic heterocycles. The van der Waals surface area contributed by atoms with E-state index in [1.54, 1.807) is 79.8 Å². The Morgan fingerprint density at radius 3 is 0.927 bits per heavy atom. The Morgan fingerprint density at radius 1 is 0.318 bits per heavy atom. The molecule has 0 aliphatic rings. The number of Topliss-reactive ketones (excluding diaryl/α,β-unsaturated/α-hetero) is 2. The highest BCUT2D eigenvalue weighted by Crippen LogP contribution is 2.32. The Morgan fingerprint density at radius 2 is 0.591 bits per heavy atom. The van der Waals surface area contributed by atoms with Gasteiger partial charge in [0.25, 0.3) is 11.8 Å². The molecule has 0 unspecified atom stereocenters. The maximum atomic E-state index is 13.7. The summed E-state index contributed by atoms with van der Waals surface area (Å²) in [5.74, 6) is -8.03. The number of rotatable bonds is 33. The van der Waals surface area contributed by atoms with Gasteiger partial charge >= 0.3 is 53.9 Å². The number of carbonyl (C=O) groups is 12. The number of hydrogen-bond donors (Lipinski definition) is 4. The normalized spacial score (nSPS) is 10.5. The molecule has 110 heavy (non-hydrogen) atoms. The molecule has 2 amide bonds. The van der Waals surface area contributed by atoms with Gasteiger partial charge in [-0.1, -0.05) is 25.3 Å². The third kappa shape index (κ3) is 25.1. The number of hydrogen-bond acceptors (Lipinski definition) is 25. The topological polar surface area (TPSA) is 354 Å². The van der Waals surface area contributed by atoms with Crippen LogP contribution in [0.3, 0.4) is 0 Å². The van der Waals surface area contributed by atoms with Crippen molar-refractivity contribution in [2.24, 2.45) is 0 Å². The number of nitrogens with one attached hydrogen (secondary N) is 4. The molecule has 27 nitrogen and oxygen atoms in total. The molecule has 0 atom stereocenters. The molecule has 0 aliphatic carbocycles. The summed E-state index contributed by atoms with van der Waals surface area (Å²) in [5.41, 5.74) is 2.62.